The third-order valence-electron chi connectivity index (χ3n) is 3.90. The molecule has 0 bridgehead atoms. The van der Waals surface area contributed by atoms with Gasteiger partial charge in [-0.15, -0.1) is 24.8 Å². The Hall–Kier alpha value is -1.26. The molecular weight excluding hydrogens is 307 g/mol. The molecule has 0 saturated carbocycles. The summed E-state index contributed by atoms with van der Waals surface area (Å²) in [5, 5.41) is 0. The van der Waals surface area contributed by atoms with Crippen molar-refractivity contribution in [2.75, 3.05) is 12.3 Å². The molecule has 0 saturated heterocycles. The summed E-state index contributed by atoms with van der Waals surface area (Å²) in [6.07, 6.45) is 11.5. The highest BCUT2D eigenvalue weighted by Gasteiger charge is 2.17. The SMILES string of the molecule is Cc1ncc(CN2C=CC3=C(CCCC3)C2)c(N)n1.Cl.Cl. The van der Waals surface area contributed by atoms with Crippen LogP contribution in [-0.4, -0.2) is 21.4 Å². The van der Waals surface area contributed by atoms with Crippen molar-refractivity contribution in [3.63, 3.8) is 0 Å². The zero-order valence-electron chi connectivity index (χ0n) is 12.2. The second-order valence-electron chi connectivity index (χ2n) is 5.38. The average molecular weight is 329 g/mol. The fourth-order valence-corrected chi connectivity index (χ4v) is 2.83. The molecule has 6 heteroatoms. The Morgan fingerprint density at radius 2 is 2.00 bits per heavy atom. The Morgan fingerprint density at radius 3 is 2.76 bits per heavy atom. The molecule has 1 aromatic rings. The molecule has 0 atom stereocenters. The molecule has 0 amide bonds. The minimum atomic E-state index is 0. The largest absolute Gasteiger partial charge is 0.383 e. The number of nitrogens with two attached hydrogens (primary N) is 1. The Labute approximate surface area is 138 Å². The lowest BCUT2D eigenvalue weighted by Gasteiger charge is -2.30. The molecule has 0 aromatic carbocycles. The molecule has 2 N–H and O–H groups in total. The quantitative estimate of drug-likeness (QED) is 0.903. The van der Waals surface area contributed by atoms with Crippen LogP contribution in [0.3, 0.4) is 0 Å². The van der Waals surface area contributed by atoms with Gasteiger partial charge in [-0.3, -0.25) is 0 Å². The maximum atomic E-state index is 5.96. The van der Waals surface area contributed by atoms with E-state index in [9.17, 15) is 0 Å². The molecule has 1 aliphatic heterocycles. The smallest absolute Gasteiger partial charge is 0.132 e. The van der Waals surface area contributed by atoms with Crippen LogP contribution < -0.4 is 5.73 Å². The number of rotatable bonds is 2. The molecule has 1 aromatic heterocycles. The third kappa shape index (κ3) is 4.11. The predicted molar refractivity (Wildman–Crippen MR) is 90.7 cm³/mol. The van der Waals surface area contributed by atoms with Crippen LogP contribution in [0, 0.1) is 6.92 Å². The second kappa shape index (κ2) is 7.66. The first kappa shape index (κ1) is 17.8. The van der Waals surface area contributed by atoms with Gasteiger partial charge < -0.3 is 10.6 Å². The number of allylic oxidation sites excluding steroid dienone is 2. The zero-order chi connectivity index (χ0) is 13.2. The van der Waals surface area contributed by atoms with E-state index >= 15 is 0 Å². The first-order chi connectivity index (χ1) is 9.22. The minimum absolute atomic E-state index is 0. The fraction of sp³-hybridized carbons (Fsp3) is 0.467. The van der Waals surface area contributed by atoms with E-state index in [1.165, 1.54) is 25.7 Å². The second-order valence-corrected chi connectivity index (χ2v) is 5.38. The zero-order valence-corrected chi connectivity index (χ0v) is 13.8. The predicted octanol–water partition coefficient (Wildman–Crippen LogP) is 3.41. The van der Waals surface area contributed by atoms with Gasteiger partial charge in [-0.25, -0.2) is 9.97 Å². The summed E-state index contributed by atoms with van der Waals surface area (Å²) in [5.41, 5.74) is 10.1. The minimum Gasteiger partial charge on any atom is -0.383 e. The number of halogens is 2. The van der Waals surface area contributed by atoms with Gasteiger partial charge in [0.2, 0.25) is 0 Å². The summed E-state index contributed by atoms with van der Waals surface area (Å²) >= 11 is 0. The molecule has 2 heterocycles. The molecule has 21 heavy (non-hydrogen) atoms. The average Bonchev–Trinajstić information content (AvgIpc) is 2.42. The normalized spacial score (nSPS) is 16.9. The number of aryl methyl sites for hydroxylation is 1. The highest BCUT2D eigenvalue weighted by molar-refractivity contribution is 5.85. The molecule has 4 nitrogen and oxygen atoms in total. The molecule has 1 aliphatic carbocycles. The summed E-state index contributed by atoms with van der Waals surface area (Å²) in [4.78, 5) is 10.8. The molecule has 0 radical (unpaired) electrons. The van der Waals surface area contributed by atoms with Crippen LogP contribution in [0.5, 0.6) is 0 Å². The van der Waals surface area contributed by atoms with Crippen molar-refractivity contribution in [1.29, 1.82) is 0 Å². The van der Waals surface area contributed by atoms with E-state index in [-0.39, 0.29) is 24.8 Å². The summed E-state index contributed by atoms with van der Waals surface area (Å²) in [5.74, 6) is 1.33. The van der Waals surface area contributed by atoms with E-state index in [2.05, 4.69) is 27.1 Å². The van der Waals surface area contributed by atoms with E-state index in [4.69, 9.17) is 5.73 Å². The monoisotopic (exact) mass is 328 g/mol. The van der Waals surface area contributed by atoms with Gasteiger partial charge in [-0.2, -0.15) is 0 Å². The highest BCUT2D eigenvalue weighted by Crippen LogP contribution is 2.29. The van der Waals surface area contributed by atoms with Crippen LogP contribution in [0.1, 0.15) is 37.1 Å². The van der Waals surface area contributed by atoms with Gasteiger partial charge in [0.05, 0.1) is 0 Å². The number of hydrogen-bond acceptors (Lipinski definition) is 4. The number of nitrogen functional groups attached to an aromatic ring is 1. The van der Waals surface area contributed by atoms with Crippen LogP contribution in [0.2, 0.25) is 0 Å². The number of nitrogens with zero attached hydrogens (tertiary/aromatic N) is 3. The van der Waals surface area contributed by atoms with Crippen molar-refractivity contribution in [2.45, 2.75) is 39.2 Å². The maximum absolute atomic E-state index is 5.96. The number of anilines is 1. The first-order valence-electron chi connectivity index (χ1n) is 6.93. The van der Waals surface area contributed by atoms with E-state index in [0.29, 0.717) is 5.82 Å². The van der Waals surface area contributed by atoms with Gasteiger partial charge in [-0.05, 0) is 56.0 Å². The first-order valence-corrected chi connectivity index (χ1v) is 6.93. The van der Waals surface area contributed by atoms with Crippen molar-refractivity contribution >= 4 is 30.6 Å². The summed E-state index contributed by atoms with van der Waals surface area (Å²) < 4.78 is 0. The van der Waals surface area contributed by atoms with Gasteiger partial charge in [0.15, 0.2) is 0 Å². The van der Waals surface area contributed by atoms with Crippen molar-refractivity contribution in [3.05, 3.63) is 41.0 Å². The van der Waals surface area contributed by atoms with Crippen LogP contribution in [-0.2, 0) is 6.54 Å². The molecule has 0 spiro atoms. The van der Waals surface area contributed by atoms with E-state index in [0.717, 1.165) is 24.5 Å². The van der Waals surface area contributed by atoms with E-state index < -0.39 is 0 Å². The van der Waals surface area contributed by atoms with Crippen LogP contribution in [0.25, 0.3) is 0 Å². The van der Waals surface area contributed by atoms with Crippen LogP contribution in [0.15, 0.2) is 29.6 Å². The molecule has 0 unspecified atom stereocenters. The summed E-state index contributed by atoms with van der Waals surface area (Å²) in [7, 11) is 0. The molecule has 0 fully saturated rings. The standard InChI is InChI=1S/C15H20N4.2ClH/c1-11-17-8-14(15(16)18-11)10-19-7-6-12-4-2-3-5-13(12)9-19;;/h6-8H,2-5,9-10H2,1H3,(H2,16,17,18);2*1H. The molecular formula is C15H22Cl2N4. The Kier molecular flexibility index (Phi) is 6.49. The van der Waals surface area contributed by atoms with Crippen molar-refractivity contribution < 1.29 is 0 Å². The van der Waals surface area contributed by atoms with Crippen LogP contribution in [0.4, 0.5) is 5.82 Å². The van der Waals surface area contributed by atoms with Crippen molar-refractivity contribution in [2.24, 2.45) is 0 Å². The van der Waals surface area contributed by atoms with Crippen molar-refractivity contribution in [1.82, 2.24) is 14.9 Å². The van der Waals surface area contributed by atoms with Gasteiger partial charge >= 0.3 is 0 Å². The van der Waals surface area contributed by atoms with Gasteiger partial charge in [0, 0.05) is 24.8 Å². The Bertz CT molecular complexity index is 555. The lowest BCUT2D eigenvalue weighted by molar-refractivity contribution is 0.381. The maximum Gasteiger partial charge on any atom is 0.132 e. The van der Waals surface area contributed by atoms with Crippen LogP contribution >= 0.6 is 24.8 Å². The van der Waals surface area contributed by atoms with E-state index in [1.54, 1.807) is 11.1 Å². The molecule has 3 rings (SSSR count). The van der Waals surface area contributed by atoms with Crippen molar-refractivity contribution in [3.8, 4) is 0 Å². The van der Waals surface area contributed by atoms with Gasteiger partial charge in [0.25, 0.3) is 0 Å². The Balaban J connectivity index is 0.00000110. The molecule has 116 valence electrons. The highest BCUT2D eigenvalue weighted by atomic mass is 35.5. The van der Waals surface area contributed by atoms with Gasteiger partial charge in [-0.1, -0.05) is 0 Å². The lowest BCUT2D eigenvalue weighted by Crippen LogP contribution is -2.25. The van der Waals surface area contributed by atoms with E-state index in [1.807, 2.05) is 13.1 Å². The van der Waals surface area contributed by atoms with Gasteiger partial charge in [0.1, 0.15) is 11.6 Å². The number of aromatic nitrogens is 2. The fourth-order valence-electron chi connectivity index (χ4n) is 2.83. The number of hydrogen-bond donors (Lipinski definition) is 1. The third-order valence-corrected chi connectivity index (χ3v) is 3.90. The topological polar surface area (TPSA) is 55.0 Å². The summed E-state index contributed by atoms with van der Waals surface area (Å²) in [6, 6.07) is 0. The Morgan fingerprint density at radius 1 is 1.24 bits per heavy atom. The lowest BCUT2D eigenvalue weighted by atomic mass is 9.90. The summed E-state index contributed by atoms with van der Waals surface area (Å²) in [6.45, 7) is 3.68. The molecule has 2 aliphatic rings.